The first-order valence-electron chi connectivity index (χ1n) is 4.36. The van der Waals surface area contributed by atoms with Gasteiger partial charge in [0.25, 0.3) is 0 Å². The lowest BCUT2D eigenvalue weighted by Gasteiger charge is -2.04. The van der Waals surface area contributed by atoms with Gasteiger partial charge in [0.1, 0.15) is 12.2 Å². The maximum Gasteiger partial charge on any atom is 0.310 e. The van der Waals surface area contributed by atoms with Gasteiger partial charge < -0.3 is 16.6 Å². The average molecular weight is 208 g/mol. The summed E-state index contributed by atoms with van der Waals surface area (Å²) in [6, 6.07) is 4.80. The number of Topliss-reactive ketones (excluding diaryl/α,β-unsaturated/α-hetero) is 1. The molecule has 80 valence electrons. The molecular formula is C10H12N2O3. The van der Waals surface area contributed by atoms with E-state index in [0.29, 0.717) is 16.9 Å². The second-order valence-corrected chi connectivity index (χ2v) is 3.24. The van der Waals surface area contributed by atoms with Crippen LogP contribution in [0.1, 0.15) is 12.0 Å². The lowest BCUT2D eigenvalue weighted by molar-refractivity contribution is -0.140. The summed E-state index contributed by atoms with van der Waals surface area (Å²) in [7, 11) is 0. The summed E-state index contributed by atoms with van der Waals surface area (Å²) in [5.74, 6) is -1.53. The molecular weight excluding hydrogens is 196 g/mol. The third-order valence-corrected chi connectivity index (χ3v) is 1.90. The fourth-order valence-corrected chi connectivity index (χ4v) is 1.22. The van der Waals surface area contributed by atoms with Crippen molar-refractivity contribution in [3.63, 3.8) is 0 Å². The zero-order chi connectivity index (χ0) is 11.4. The number of aliphatic carboxylic acids is 1. The molecule has 0 amide bonds. The van der Waals surface area contributed by atoms with Crippen molar-refractivity contribution in [2.24, 2.45) is 0 Å². The molecule has 5 heteroatoms. The summed E-state index contributed by atoms with van der Waals surface area (Å²) in [4.78, 5) is 21.5. The van der Waals surface area contributed by atoms with Crippen LogP contribution in [-0.2, 0) is 16.0 Å². The maximum atomic E-state index is 11.2. The molecule has 15 heavy (non-hydrogen) atoms. The van der Waals surface area contributed by atoms with Crippen LogP contribution in [-0.4, -0.2) is 16.9 Å². The van der Waals surface area contributed by atoms with Gasteiger partial charge in [-0.2, -0.15) is 0 Å². The Balaban J connectivity index is 2.76. The van der Waals surface area contributed by atoms with Crippen molar-refractivity contribution in [3.05, 3.63) is 23.8 Å². The van der Waals surface area contributed by atoms with Crippen molar-refractivity contribution < 1.29 is 14.7 Å². The van der Waals surface area contributed by atoms with Gasteiger partial charge in [-0.1, -0.05) is 0 Å². The molecule has 0 fully saturated rings. The Labute approximate surface area is 86.7 Å². The second-order valence-electron chi connectivity index (χ2n) is 3.24. The standard InChI is InChI=1S/C10H12N2O3/c11-7-1-2-9(12)6(3-7)4-8(13)5-10(14)15/h1-3H,4-5,11-12H2,(H,14,15). The number of nitrogens with two attached hydrogens (primary N) is 2. The molecule has 0 aliphatic carbocycles. The molecule has 0 saturated carbocycles. The lowest BCUT2D eigenvalue weighted by Crippen LogP contribution is -2.10. The van der Waals surface area contributed by atoms with Crippen molar-refractivity contribution >= 4 is 23.1 Å². The topological polar surface area (TPSA) is 106 Å². The molecule has 0 aliphatic heterocycles. The van der Waals surface area contributed by atoms with E-state index in [-0.39, 0.29) is 12.2 Å². The number of carboxylic acid groups (broad SMARTS) is 1. The highest BCUT2D eigenvalue weighted by atomic mass is 16.4. The van der Waals surface area contributed by atoms with Crippen LogP contribution in [0.2, 0.25) is 0 Å². The van der Waals surface area contributed by atoms with Crippen molar-refractivity contribution in [3.8, 4) is 0 Å². The van der Waals surface area contributed by atoms with E-state index in [9.17, 15) is 9.59 Å². The van der Waals surface area contributed by atoms with E-state index in [1.165, 1.54) is 0 Å². The van der Waals surface area contributed by atoms with E-state index in [2.05, 4.69) is 0 Å². The minimum atomic E-state index is -1.14. The number of nitrogen functional groups attached to an aromatic ring is 2. The zero-order valence-corrected chi connectivity index (χ0v) is 8.06. The summed E-state index contributed by atoms with van der Waals surface area (Å²) in [5, 5.41) is 8.41. The van der Waals surface area contributed by atoms with Crippen LogP contribution in [0, 0.1) is 0 Å². The maximum absolute atomic E-state index is 11.2. The Kier molecular flexibility index (Phi) is 3.28. The summed E-state index contributed by atoms with van der Waals surface area (Å²) in [5.41, 5.74) is 12.7. The molecule has 0 bridgehead atoms. The van der Waals surface area contributed by atoms with Gasteiger partial charge in [0, 0.05) is 17.8 Å². The molecule has 1 aromatic carbocycles. The Morgan fingerprint density at radius 3 is 2.53 bits per heavy atom. The first-order valence-corrected chi connectivity index (χ1v) is 4.36. The lowest BCUT2D eigenvalue weighted by atomic mass is 10.0. The Morgan fingerprint density at radius 2 is 1.93 bits per heavy atom. The van der Waals surface area contributed by atoms with E-state index < -0.39 is 12.4 Å². The van der Waals surface area contributed by atoms with Gasteiger partial charge in [0.05, 0.1) is 0 Å². The predicted octanol–water partition coefficient (Wildman–Crippen LogP) is 0.437. The van der Waals surface area contributed by atoms with Gasteiger partial charge in [-0.3, -0.25) is 9.59 Å². The van der Waals surface area contributed by atoms with Gasteiger partial charge in [0.2, 0.25) is 0 Å². The summed E-state index contributed by atoms with van der Waals surface area (Å²) in [6.45, 7) is 0. The largest absolute Gasteiger partial charge is 0.481 e. The number of anilines is 2. The first kappa shape index (κ1) is 11.0. The molecule has 5 N–H and O–H groups in total. The molecule has 0 aromatic heterocycles. The molecule has 0 heterocycles. The predicted molar refractivity (Wildman–Crippen MR) is 56.2 cm³/mol. The number of carbonyl (C=O) groups is 2. The quantitative estimate of drug-likeness (QED) is 0.491. The van der Waals surface area contributed by atoms with Gasteiger partial charge in [0.15, 0.2) is 0 Å². The third-order valence-electron chi connectivity index (χ3n) is 1.90. The smallest absolute Gasteiger partial charge is 0.310 e. The first-order chi connectivity index (χ1) is 6.99. The highest BCUT2D eigenvalue weighted by molar-refractivity contribution is 5.96. The normalized spacial score (nSPS) is 9.87. The average Bonchev–Trinajstić information content (AvgIpc) is 2.10. The molecule has 0 unspecified atom stereocenters. The molecule has 0 spiro atoms. The van der Waals surface area contributed by atoms with Crippen molar-refractivity contribution in [1.82, 2.24) is 0 Å². The molecule has 1 aromatic rings. The van der Waals surface area contributed by atoms with Crippen LogP contribution in [0.3, 0.4) is 0 Å². The van der Waals surface area contributed by atoms with Crippen molar-refractivity contribution in [1.29, 1.82) is 0 Å². The van der Waals surface area contributed by atoms with Gasteiger partial charge >= 0.3 is 5.97 Å². The van der Waals surface area contributed by atoms with Crippen molar-refractivity contribution in [2.45, 2.75) is 12.8 Å². The van der Waals surface area contributed by atoms with Gasteiger partial charge in [-0.05, 0) is 23.8 Å². The number of rotatable bonds is 4. The van der Waals surface area contributed by atoms with Crippen LogP contribution in [0.25, 0.3) is 0 Å². The Bertz CT molecular complexity index is 402. The van der Waals surface area contributed by atoms with Crippen LogP contribution < -0.4 is 11.5 Å². The summed E-state index contributed by atoms with van der Waals surface area (Å²) >= 11 is 0. The molecule has 0 atom stereocenters. The fraction of sp³-hybridized carbons (Fsp3) is 0.200. The molecule has 0 aliphatic rings. The van der Waals surface area contributed by atoms with E-state index in [4.69, 9.17) is 16.6 Å². The van der Waals surface area contributed by atoms with Gasteiger partial charge in [-0.15, -0.1) is 0 Å². The zero-order valence-electron chi connectivity index (χ0n) is 8.06. The number of ketones is 1. The van der Waals surface area contributed by atoms with E-state index in [1.807, 2.05) is 0 Å². The highest BCUT2D eigenvalue weighted by Gasteiger charge is 2.10. The fourth-order valence-electron chi connectivity index (χ4n) is 1.22. The molecule has 0 saturated heterocycles. The van der Waals surface area contributed by atoms with Crippen LogP contribution in [0.5, 0.6) is 0 Å². The third kappa shape index (κ3) is 3.30. The monoisotopic (exact) mass is 208 g/mol. The highest BCUT2D eigenvalue weighted by Crippen LogP contribution is 2.16. The number of hydrogen-bond donors (Lipinski definition) is 3. The summed E-state index contributed by atoms with van der Waals surface area (Å²) < 4.78 is 0. The van der Waals surface area contributed by atoms with E-state index in [0.717, 1.165) is 0 Å². The van der Waals surface area contributed by atoms with E-state index in [1.54, 1.807) is 18.2 Å². The van der Waals surface area contributed by atoms with Gasteiger partial charge in [-0.25, -0.2) is 0 Å². The summed E-state index contributed by atoms with van der Waals surface area (Å²) in [6.07, 6.45) is -0.489. The van der Waals surface area contributed by atoms with E-state index >= 15 is 0 Å². The van der Waals surface area contributed by atoms with Crippen LogP contribution in [0.15, 0.2) is 18.2 Å². The number of carboxylic acids is 1. The van der Waals surface area contributed by atoms with Crippen LogP contribution >= 0.6 is 0 Å². The number of carbonyl (C=O) groups excluding carboxylic acids is 1. The molecule has 5 nitrogen and oxygen atoms in total. The number of benzene rings is 1. The minimum absolute atomic E-state index is 0.00315. The molecule has 1 rings (SSSR count). The SMILES string of the molecule is Nc1ccc(N)c(CC(=O)CC(=O)O)c1. The number of hydrogen-bond acceptors (Lipinski definition) is 4. The minimum Gasteiger partial charge on any atom is -0.481 e. The Morgan fingerprint density at radius 1 is 1.27 bits per heavy atom. The Hall–Kier alpha value is -2.04. The van der Waals surface area contributed by atoms with Crippen molar-refractivity contribution in [2.75, 3.05) is 11.5 Å². The second kappa shape index (κ2) is 4.45. The molecule has 0 radical (unpaired) electrons. The van der Waals surface area contributed by atoms with Crippen LogP contribution in [0.4, 0.5) is 11.4 Å².